The van der Waals surface area contributed by atoms with Crippen LogP contribution in [-0.2, 0) is 0 Å². The number of rotatable bonds is 5. The summed E-state index contributed by atoms with van der Waals surface area (Å²) in [7, 11) is 0. The first-order valence-electron chi connectivity index (χ1n) is 5.34. The number of nitro groups is 1. The summed E-state index contributed by atoms with van der Waals surface area (Å²) >= 11 is 0. The van der Waals surface area contributed by atoms with Crippen molar-refractivity contribution in [3.8, 4) is 5.75 Å². The fourth-order valence-electron chi connectivity index (χ4n) is 1.59. The first-order chi connectivity index (χ1) is 7.68. The lowest BCUT2D eigenvalue weighted by Crippen LogP contribution is -2.03. The highest BCUT2D eigenvalue weighted by Crippen LogP contribution is 2.35. The number of nitrogen functional groups attached to an aromatic ring is 1. The van der Waals surface area contributed by atoms with E-state index in [2.05, 4.69) is 0 Å². The average molecular weight is 222 g/mol. The van der Waals surface area contributed by atoms with Crippen LogP contribution in [0.2, 0.25) is 0 Å². The van der Waals surface area contributed by atoms with Gasteiger partial charge >= 0.3 is 5.69 Å². The number of ether oxygens (including phenoxy) is 1. The predicted octanol–water partition coefficient (Wildman–Crippen LogP) is 2.36. The van der Waals surface area contributed by atoms with Gasteiger partial charge < -0.3 is 10.5 Å². The van der Waals surface area contributed by atoms with Gasteiger partial charge in [-0.15, -0.1) is 0 Å². The van der Waals surface area contributed by atoms with Gasteiger partial charge in [-0.25, -0.2) is 0 Å². The van der Waals surface area contributed by atoms with Gasteiger partial charge in [-0.05, 0) is 24.5 Å². The highest BCUT2D eigenvalue weighted by molar-refractivity contribution is 5.65. The van der Waals surface area contributed by atoms with E-state index in [1.807, 2.05) is 0 Å². The Balaban J connectivity index is 2.05. The van der Waals surface area contributed by atoms with E-state index in [1.54, 1.807) is 12.1 Å². The van der Waals surface area contributed by atoms with E-state index in [1.165, 1.54) is 18.9 Å². The predicted molar refractivity (Wildman–Crippen MR) is 60.3 cm³/mol. The van der Waals surface area contributed by atoms with E-state index >= 15 is 0 Å². The molecule has 0 aliphatic heterocycles. The van der Waals surface area contributed by atoms with E-state index in [0.29, 0.717) is 6.61 Å². The van der Waals surface area contributed by atoms with Crippen LogP contribution in [0.25, 0.3) is 0 Å². The summed E-state index contributed by atoms with van der Waals surface area (Å²) in [6.45, 7) is 0.523. The molecule has 86 valence electrons. The quantitative estimate of drug-likeness (QED) is 0.471. The average Bonchev–Trinajstić information content (AvgIpc) is 3.01. The van der Waals surface area contributed by atoms with Gasteiger partial charge in [0.15, 0.2) is 5.75 Å². The van der Waals surface area contributed by atoms with Crippen LogP contribution in [-0.4, -0.2) is 11.5 Å². The summed E-state index contributed by atoms with van der Waals surface area (Å²) in [4.78, 5) is 10.3. The zero-order chi connectivity index (χ0) is 11.5. The SMILES string of the molecule is Nc1cccc(OCCC2CC2)c1[N+](=O)[O-]. The Hall–Kier alpha value is -1.78. The third kappa shape index (κ3) is 2.42. The summed E-state index contributed by atoms with van der Waals surface area (Å²) in [5.41, 5.74) is 5.57. The Morgan fingerprint density at radius 1 is 1.50 bits per heavy atom. The third-order valence-corrected chi connectivity index (χ3v) is 2.69. The highest BCUT2D eigenvalue weighted by Gasteiger charge is 2.22. The zero-order valence-electron chi connectivity index (χ0n) is 8.89. The number of anilines is 1. The molecule has 2 rings (SSSR count). The minimum absolute atomic E-state index is 0.127. The van der Waals surface area contributed by atoms with Gasteiger partial charge in [-0.1, -0.05) is 18.9 Å². The minimum atomic E-state index is -0.498. The van der Waals surface area contributed by atoms with Crippen molar-refractivity contribution in [1.29, 1.82) is 0 Å². The Morgan fingerprint density at radius 3 is 2.88 bits per heavy atom. The van der Waals surface area contributed by atoms with Crippen molar-refractivity contribution in [2.45, 2.75) is 19.3 Å². The second kappa shape index (κ2) is 4.38. The molecule has 0 amide bonds. The molecular formula is C11H14N2O3. The van der Waals surface area contributed by atoms with Gasteiger partial charge in [0, 0.05) is 0 Å². The van der Waals surface area contributed by atoms with Crippen molar-refractivity contribution < 1.29 is 9.66 Å². The van der Waals surface area contributed by atoms with Crippen LogP contribution < -0.4 is 10.5 Å². The third-order valence-electron chi connectivity index (χ3n) is 2.69. The molecule has 1 aliphatic rings. The van der Waals surface area contributed by atoms with Gasteiger partial charge in [-0.2, -0.15) is 0 Å². The number of nitro benzene ring substituents is 1. The molecule has 0 heterocycles. The highest BCUT2D eigenvalue weighted by atomic mass is 16.6. The second-order valence-corrected chi connectivity index (χ2v) is 4.03. The molecule has 0 atom stereocenters. The molecule has 1 saturated carbocycles. The molecule has 5 nitrogen and oxygen atoms in total. The summed E-state index contributed by atoms with van der Waals surface area (Å²) < 4.78 is 5.41. The molecule has 0 unspecified atom stereocenters. The monoisotopic (exact) mass is 222 g/mol. The van der Waals surface area contributed by atoms with Crippen molar-refractivity contribution in [2.75, 3.05) is 12.3 Å². The number of hydrogen-bond acceptors (Lipinski definition) is 4. The molecule has 0 spiro atoms. The lowest BCUT2D eigenvalue weighted by atomic mass is 10.2. The minimum Gasteiger partial charge on any atom is -0.487 e. The van der Waals surface area contributed by atoms with Crippen LogP contribution >= 0.6 is 0 Å². The summed E-state index contributed by atoms with van der Waals surface area (Å²) in [6, 6.07) is 4.75. The fourth-order valence-corrected chi connectivity index (χ4v) is 1.59. The molecule has 5 heteroatoms. The van der Waals surface area contributed by atoms with Crippen molar-refractivity contribution in [1.82, 2.24) is 0 Å². The summed E-state index contributed by atoms with van der Waals surface area (Å²) in [5, 5.41) is 10.8. The van der Waals surface area contributed by atoms with Gasteiger partial charge in [0.25, 0.3) is 0 Å². The van der Waals surface area contributed by atoms with Crippen LogP contribution in [0.5, 0.6) is 5.75 Å². The molecule has 1 fully saturated rings. The number of hydrogen-bond donors (Lipinski definition) is 1. The fraction of sp³-hybridized carbons (Fsp3) is 0.455. The zero-order valence-corrected chi connectivity index (χ0v) is 8.89. The van der Waals surface area contributed by atoms with E-state index in [0.717, 1.165) is 12.3 Å². The largest absolute Gasteiger partial charge is 0.487 e. The van der Waals surface area contributed by atoms with Crippen LogP contribution in [0.3, 0.4) is 0 Å². The Kier molecular flexibility index (Phi) is 2.94. The Morgan fingerprint density at radius 2 is 2.25 bits per heavy atom. The first-order valence-corrected chi connectivity index (χ1v) is 5.34. The van der Waals surface area contributed by atoms with Crippen LogP contribution in [0.1, 0.15) is 19.3 Å². The first kappa shape index (κ1) is 10.7. The van der Waals surface area contributed by atoms with Crippen LogP contribution in [0.15, 0.2) is 18.2 Å². The maximum atomic E-state index is 10.8. The molecule has 0 radical (unpaired) electrons. The van der Waals surface area contributed by atoms with E-state index in [4.69, 9.17) is 10.5 Å². The Bertz CT molecular complexity index is 402. The van der Waals surface area contributed by atoms with Crippen molar-refractivity contribution in [3.05, 3.63) is 28.3 Å². The number of nitrogens with zero attached hydrogens (tertiary/aromatic N) is 1. The lowest BCUT2D eigenvalue weighted by Gasteiger charge is -2.07. The molecular weight excluding hydrogens is 208 g/mol. The van der Waals surface area contributed by atoms with Crippen LogP contribution in [0.4, 0.5) is 11.4 Å². The van der Waals surface area contributed by atoms with Crippen molar-refractivity contribution in [3.63, 3.8) is 0 Å². The lowest BCUT2D eigenvalue weighted by molar-refractivity contribution is -0.384. The topological polar surface area (TPSA) is 78.4 Å². The van der Waals surface area contributed by atoms with E-state index in [-0.39, 0.29) is 17.1 Å². The summed E-state index contributed by atoms with van der Waals surface area (Å²) in [6.07, 6.45) is 3.47. The van der Waals surface area contributed by atoms with E-state index in [9.17, 15) is 10.1 Å². The maximum absolute atomic E-state index is 10.8. The van der Waals surface area contributed by atoms with Gasteiger partial charge in [-0.3, -0.25) is 10.1 Å². The standard InChI is InChI=1S/C11H14N2O3/c12-9-2-1-3-10(11(9)13(14)15)16-7-6-8-4-5-8/h1-3,8H,4-7,12H2. The van der Waals surface area contributed by atoms with E-state index < -0.39 is 4.92 Å². The number of para-hydroxylation sites is 1. The molecule has 0 saturated heterocycles. The smallest absolute Gasteiger partial charge is 0.333 e. The molecule has 2 N–H and O–H groups in total. The molecule has 0 aromatic heterocycles. The summed E-state index contributed by atoms with van der Waals surface area (Å²) in [5.74, 6) is 1.02. The maximum Gasteiger partial charge on any atom is 0.333 e. The second-order valence-electron chi connectivity index (χ2n) is 4.03. The van der Waals surface area contributed by atoms with Gasteiger partial charge in [0.05, 0.1) is 11.5 Å². The van der Waals surface area contributed by atoms with Crippen molar-refractivity contribution >= 4 is 11.4 Å². The van der Waals surface area contributed by atoms with Gasteiger partial charge in [0.2, 0.25) is 0 Å². The number of benzene rings is 1. The normalized spacial score (nSPS) is 14.8. The molecule has 0 bridgehead atoms. The number of nitrogens with two attached hydrogens (primary N) is 1. The molecule has 16 heavy (non-hydrogen) atoms. The molecule has 1 aromatic rings. The van der Waals surface area contributed by atoms with Crippen LogP contribution in [0, 0.1) is 16.0 Å². The van der Waals surface area contributed by atoms with Gasteiger partial charge in [0.1, 0.15) is 5.69 Å². The molecule has 1 aromatic carbocycles. The Labute approximate surface area is 93.4 Å². The van der Waals surface area contributed by atoms with Crippen molar-refractivity contribution in [2.24, 2.45) is 5.92 Å². The molecule has 1 aliphatic carbocycles.